The molecule has 4 aromatic rings. The molecular formula is C22H18N4O2. The van der Waals surface area contributed by atoms with Gasteiger partial charge >= 0.3 is 0 Å². The highest BCUT2D eigenvalue weighted by Gasteiger charge is 2.09. The monoisotopic (exact) mass is 370 g/mol. The Morgan fingerprint density at radius 1 is 1.11 bits per heavy atom. The van der Waals surface area contributed by atoms with E-state index in [0.29, 0.717) is 29.7 Å². The van der Waals surface area contributed by atoms with Gasteiger partial charge in [0, 0.05) is 18.0 Å². The quantitative estimate of drug-likeness (QED) is 0.501. The summed E-state index contributed by atoms with van der Waals surface area (Å²) in [6.45, 7) is 11.0. The summed E-state index contributed by atoms with van der Waals surface area (Å²) in [5.41, 5.74) is 2.86. The van der Waals surface area contributed by atoms with Crippen LogP contribution in [0.25, 0.3) is 21.4 Å². The van der Waals surface area contributed by atoms with E-state index in [4.69, 9.17) is 11.3 Å². The van der Waals surface area contributed by atoms with Gasteiger partial charge in [-0.25, -0.2) is 9.83 Å². The molecule has 0 saturated heterocycles. The van der Waals surface area contributed by atoms with Crippen LogP contribution in [-0.2, 0) is 6.73 Å². The summed E-state index contributed by atoms with van der Waals surface area (Å²) in [7, 11) is 0. The molecule has 2 aromatic heterocycles. The van der Waals surface area contributed by atoms with Crippen molar-refractivity contribution in [3.05, 3.63) is 94.1 Å². The molecule has 0 fully saturated rings. The van der Waals surface area contributed by atoms with Crippen molar-refractivity contribution in [1.29, 1.82) is 0 Å². The van der Waals surface area contributed by atoms with Crippen LogP contribution in [0.15, 0.2) is 65.6 Å². The summed E-state index contributed by atoms with van der Waals surface area (Å²) < 4.78 is 9.41. The van der Waals surface area contributed by atoms with Gasteiger partial charge in [0.1, 0.15) is 11.6 Å². The molecule has 0 aliphatic heterocycles. The Bertz CT molecular complexity index is 1280. The topological polar surface area (TPSA) is 53.4 Å². The smallest absolute Gasteiger partial charge is 0.258 e. The van der Waals surface area contributed by atoms with Crippen molar-refractivity contribution in [2.45, 2.75) is 20.6 Å². The molecule has 2 heterocycles. The summed E-state index contributed by atoms with van der Waals surface area (Å²) in [6.07, 6.45) is 1.94. The second kappa shape index (κ2) is 7.05. The lowest BCUT2D eigenvalue weighted by molar-refractivity contribution is 0.242. The summed E-state index contributed by atoms with van der Waals surface area (Å²) in [4.78, 5) is 20.3. The minimum Gasteiger partial charge on any atom is -0.474 e. The number of nitrogens with zero attached hydrogens (tertiary/aromatic N) is 4. The minimum atomic E-state index is -0.102. The molecular weight excluding hydrogens is 352 g/mol. The van der Waals surface area contributed by atoms with Gasteiger partial charge in [-0.1, -0.05) is 18.2 Å². The second-order valence-electron chi connectivity index (χ2n) is 6.53. The summed E-state index contributed by atoms with van der Waals surface area (Å²) in [5, 5.41) is 1.05. The third kappa shape index (κ3) is 3.26. The van der Waals surface area contributed by atoms with Crippen LogP contribution in [0.1, 0.15) is 11.5 Å². The predicted molar refractivity (Wildman–Crippen MR) is 108 cm³/mol. The highest BCUT2D eigenvalue weighted by Crippen LogP contribution is 2.23. The fourth-order valence-electron chi connectivity index (χ4n) is 3.27. The first-order valence-electron chi connectivity index (χ1n) is 8.82. The lowest BCUT2D eigenvalue weighted by Crippen LogP contribution is -2.21. The molecule has 0 bridgehead atoms. The first-order chi connectivity index (χ1) is 13.5. The first kappa shape index (κ1) is 17.6. The molecule has 28 heavy (non-hydrogen) atoms. The van der Waals surface area contributed by atoms with Crippen molar-refractivity contribution >= 4 is 16.6 Å². The molecule has 6 nitrogen and oxygen atoms in total. The van der Waals surface area contributed by atoms with E-state index in [1.807, 2.05) is 54.9 Å². The number of hydrogen-bond acceptors (Lipinski definition) is 3. The second-order valence-corrected chi connectivity index (χ2v) is 6.53. The van der Waals surface area contributed by atoms with E-state index >= 15 is 0 Å². The Morgan fingerprint density at radius 2 is 1.96 bits per heavy atom. The van der Waals surface area contributed by atoms with Crippen molar-refractivity contribution in [3.8, 4) is 11.4 Å². The predicted octanol–water partition coefficient (Wildman–Crippen LogP) is 4.39. The normalized spacial score (nSPS) is 10.8. The lowest BCUT2D eigenvalue weighted by atomic mass is 10.2. The van der Waals surface area contributed by atoms with Crippen molar-refractivity contribution in [2.75, 3.05) is 0 Å². The van der Waals surface area contributed by atoms with E-state index in [2.05, 4.69) is 9.83 Å². The first-order valence-corrected chi connectivity index (χ1v) is 8.82. The van der Waals surface area contributed by atoms with E-state index in [0.717, 1.165) is 16.6 Å². The molecule has 0 unspecified atom stereocenters. The Kier molecular flexibility index (Phi) is 4.42. The van der Waals surface area contributed by atoms with Crippen LogP contribution in [0.5, 0.6) is 5.75 Å². The molecule has 0 saturated carbocycles. The van der Waals surface area contributed by atoms with Crippen LogP contribution < -0.4 is 10.3 Å². The SMILES string of the molecule is [C-]#[N+]c1cccc(OCn2ccc3ccc(-n4c(C)nc(C)cc4=O)cc32)c1. The van der Waals surface area contributed by atoms with Gasteiger partial charge in [0.15, 0.2) is 12.4 Å². The van der Waals surface area contributed by atoms with E-state index in [-0.39, 0.29) is 5.56 Å². The summed E-state index contributed by atoms with van der Waals surface area (Å²) in [5.74, 6) is 1.29. The Morgan fingerprint density at radius 3 is 2.75 bits per heavy atom. The van der Waals surface area contributed by atoms with E-state index in [1.165, 1.54) is 6.07 Å². The van der Waals surface area contributed by atoms with Crippen LogP contribution >= 0.6 is 0 Å². The van der Waals surface area contributed by atoms with Gasteiger partial charge in [-0.2, -0.15) is 0 Å². The standard InChI is InChI=1S/C22H18N4O2/c1-15-11-22(27)26(16(2)24-15)19-8-7-17-9-10-25(21(17)13-19)14-28-20-6-4-5-18(12-20)23-3/h4-13H,14H2,1-2H3. The highest BCUT2D eigenvalue weighted by molar-refractivity contribution is 5.82. The maximum absolute atomic E-state index is 12.5. The fourth-order valence-corrected chi connectivity index (χ4v) is 3.27. The van der Waals surface area contributed by atoms with Crippen molar-refractivity contribution in [1.82, 2.24) is 14.1 Å². The Balaban J connectivity index is 1.69. The van der Waals surface area contributed by atoms with Gasteiger partial charge < -0.3 is 9.30 Å². The number of ether oxygens (including phenoxy) is 1. The lowest BCUT2D eigenvalue weighted by Gasteiger charge is -2.12. The maximum Gasteiger partial charge on any atom is 0.258 e. The minimum absolute atomic E-state index is 0.102. The zero-order valence-electron chi connectivity index (χ0n) is 15.6. The van der Waals surface area contributed by atoms with Crippen molar-refractivity contribution in [2.24, 2.45) is 0 Å². The number of aryl methyl sites for hydroxylation is 2. The van der Waals surface area contributed by atoms with Crippen molar-refractivity contribution in [3.63, 3.8) is 0 Å². The van der Waals surface area contributed by atoms with Crippen LogP contribution in [-0.4, -0.2) is 14.1 Å². The third-order valence-electron chi connectivity index (χ3n) is 4.55. The largest absolute Gasteiger partial charge is 0.474 e. The Labute approximate surface area is 162 Å². The fraction of sp³-hybridized carbons (Fsp3) is 0.136. The van der Waals surface area contributed by atoms with Gasteiger partial charge in [0.25, 0.3) is 5.56 Å². The molecule has 0 amide bonds. The molecule has 0 radical (unpaired) electrons. The van der Waals surface area contributed by atoms with Gasteiger partial charge in [0.2, 0.25) is 0 Å². The molecule has 0 spiro atoms. The molecule has 0 aliphatic carbocycles. The summed E-state index contributed by atoms with van der Waals surface area (Å²) in [6, 6.07) is 16.5. The highest BCUT2D eigenvalue weighted by atomic mass is 16.5. The van der Waals surface area contributed by atoms with Gasteiger partial charge in [-0.15, -0.1) is 0 Å². The number of hydrogen-bond donors (Lipinski definition) is 0. The van der Waals surface area contributed by atoms with Crippen LogP contribution in [0.4, 0.5) is 5.69 Å². The molecule has 138 valence electrons. The number of fused-ring (bicyclic) bond motifs is 1. The van der Waals surface area contributed by atoms with Gasteiger partial charge in [0.05, 0.1) is 17.8 Å². The molecule has 6 heteroatoms. The molecule has 0 atom stereocenters. The number of benzene rings is 2. The third-order valence-corrected chi connectivity index (χ3v) is 4.55. The Hall–Kier alpha value is -3.85. The molecule has 2 aromatic carbocycles. The maximum atomic E-state index is 12.5. The molecule has 0 aliphatic rings. The van der Waals surface area contributed by atoms with Gasteiger partial charge in [-0.3, -0.25) is 9.36 Å². The van der Waals surface area contributed by atoms with Crippen LogP contribution in [0, 0.1) is 20.4 Å². The van der Waals surface area contributed by atoms with E-state index in [9.17, 15) is 4.79 Å². The average Bonchev–Trinajstić information content (AvgIpc) is 3.08. The zero-order chi connectivity index (χ0) is 19.7. The van der Waals surface area contributed by atoms with Crippen LogP contribution in [0.3, 0.4) is 0 Å². The molecule has 0 N–H and O–H groups in total. The van der Waals surface area contributed by atoms with E-state index in [1.54, 1.807) is 22.8 Å². The number of aromatic nitrogens is 3. The number of rotatable bonds is 4. The zero-order valence-corrected chi connectivity index (χ0v) is 15.6. The van der Waals surface area contributed by atoms with Crippen molar-refractivity contribution < 1.29 is 4.74 Å². The summed E-state index contributed by atoms with van der Waals surface area (Å²) >= 11 is 0. The van der Waals surface area contributed by atoms with E-state index < -0.39 is 0 Å². The molecule has 4 rings (SSSR count). The average molecular weight is 370 g/mol. The van der Waals surface area contributed by atoms with Crippen LogP contribution in [0.2, 0.25) is 0 Å². The van der Waals surface area contributed by atoms with Gasteiger partial charge in [-0.05, 0) is 49.6 Å².